The molecule has 0 aliphatic rings. The summed E-state index contributed by atoms with van der Waals surface area (Å²) in [7, 11) is 1.73. The fourth-order valence-electron chi connectivity index (χ4n) is 0.893. The van der Waals surface area contributed by atoms with Gasteiger partial charge in [0.15, 0.2) is 0 Å². The minimum atomic E-state index is -0.0138. The number of hydrogen-bond acceptors (Lipinski definition) is 2. The maximum atomic E-state index is 11.3. The highest BCUT2D eigenvalue weighted by molar-refractivity contribution is 6.20. The van der Waals surface area contributed by atoms with Gasteiger partial charge in [0.1, 0.15) is 6.61 Å². The number of alkyl halides is 1. The zero-order valence-electron chi connectivity index (χ0n) is 8.55. The van der Waals surface area contributed by atoms with Crippen LogP contribution in [0.15, 0.2) is 0 Å². The van der Waals surface area contributed by atoms with E-state index in [0.29, 0.717) is 13.2 Å². The summed E-state index contributed by atoms with van der Waals surface area (Å²) in [6.07, 6.45) is 0.933. The SMILES string of the molecule is CCCOCC(=O)N(C)CC(C)Cl. The number of hydrogen-bond donors (Lipinski definition) is 0. The number of rotatable bonds is 6. The highest BCUT2D eigenvalue weighted by atomic mass is 35.5. The van der Waals surface area contributed by atoms with Crippen LogP contribution in [0.5, 0.6) is 0 Å². The van der Waals surface area contributed by atoms with Gasteiger partial charge in [0, 0.05) is 25.6 Å². The lowest BCUT2D eigenvalue weighted by Crippen LogP contribution is -2.34. The average molecular weight is 208 g/mol. The van der Waals surface area contributed by atoms with Crippen LogP contribution in [0.25, 0.3) is 0 Å². The van der Waals surface area contributed by atoms with Gasteiger partial charge >= 0.3 is 0 Å². The minimum Gasteiger partial charge on any atom is -0.372 e. The normalized spacial score (nSPS) is 12.6. The zero-order chi connectivity index (χ0) is 10.3. The first kappa shape index (κ1) is 12.7. The van der Waals surface area contributed by atoms with Crippen molar-refractivity contribution in [3.8, 4) is 0 Å². The molecular formula is C9H18ClNO2. The number of likely N-dealkylation sites (N-methyl/N-ethyl adjacent to an activating group) is 1. The molecule has 0 aliphatic carbocycles. The van der Waals surface area contributed by atoms with Crippen LogP contribution in [0.3, 0.4) is 0 Å². The molecule has 0 aromatic carbocycles. The molecule has 78 valence electrons. The van der Waals surface area contributed by atoms with E-state index in [-0.39, 0.29) is 17.9 Å². The number of carbonyl (C=O) groups excluding carboxylic acids is 1. The molecule has 0 saturated heterocycles. The molecular weight excluding hydrogens is 190 g/mol. The molecule has 0 spiro atoms. The molecule has 0 saturated carbocycles. The molecule has 1 amide bonds. The summed E-state index contributed by atoms with van der Waals surface area (Å²) in [5.41, 5.74) is 0. The summed E-state index contributed by atoms with van der Waals surface area (Å²) in [5.74, 6) is -0.0130. The molecule has 1 unspecified atom stereocenters. The number of ether oxygens (including phenoxy) is 1. The smallest absolute Gasteiger partial charge is 0.248 e. The van der Waals surface area contributed by atoms with E-state index in [0.717, 1.165) is 6.42 Å². The first-order valence-corrected chi connectivity index (χ1v) is 4.97. The van der Waals surface area contributed by atoms with Crippen LogP contribution in [-0.4, -0.2) is 43.0 Å². The van der Waals surface area contributed by atoms with Crippen molar-refractivity contribution in [1.29, 1.82) is 0 Å². The molecule has 0 radical (unpaired) electrons. The topological polar surface area (TPSA) is 29.5 Å². The zero-order valence-corrected chi connectivity index (χ0v) is 9.30. The van der Waals surface area contributed by atoms with Gasteiger partial charge in [0.05, 0.1) is 0 Å². The van der Waals surface area contributed by atoms with E-state index in [9.17, 15) is 4.79 Å². The van der Waals surface area contributed by atoms with Crippen molar-refractivity contribution >= 4 is 17.5 Å². The predicted octanol–water partition coefficient (Wildman–Crippen LogP) is 1.50. The van der Waals surface area contributed by atoms with Gasteiger partial charge in [0.2, 0.25) is 5.91 Å². The van der Waals surface area contributed by atoms with Gasteiger partial charge in [-0.3, -0.25) is 4.79 Å². The molecule has 4 heteroatoms. The molecule has 0 fully saturated rings. The lowest BCUT2D eigenvalue weighted by Gasteiger charge is -2.18. The molecule has 0 aromatic heterocycles. The van der Waals surface area contributed by atoms with Gasteiger partial charge in [0.25, 0.3) is 0 Å². The Bertz CT molecular complexity index is 151. The number of amides is 1. The predicted molar refractivity (Wildman–Crippen MR) is 54.1 cm³/mol. The average Bonchev–Trinajstić information content (AvgIpc) is 2.03. The number of nitrogens with zero attached hydrogens (tertiary/aromatic N) is 1. The van der Waals surface area contributed by atoms with Gasteiger partial charge in [-0.05, 0) is 13.3 Å². The molecule has 0 aliphatic heterocycles. The maximum Gasteiger partial charge on any atom is 0.248 e. The van der Waals surface area contributed by atoms with Crippen molar-refractivity contribution < 1.29 is 9.53 Å². The van der Waals surface area contributed by atoms with Crippen LogP contribution in [0.2, 0.25) is 0 Å². The standard InChI is InChI=1S/C9H18ClNO2/c1-4-5-13-7-9(12)11(3)6-8(2)10/h8H,4-7H2,1-3H3. The van der Waals surface area contributed by atoms with Crippen molar-refractivity contribution in [1.82, 2.24) is 4.90 Å². The van der Waals surface area contributed by atoms with E-state index in [1.807, 2.05) is 13.8 Å². The lowest BCUT2D eigenvalue weighted by atomic mass is 10.4. The van der Waals surface area contributed by atoms with E-state index in [4.69, 9.17) is 16.3 Å². The Labute approximate surface area is 85.0 Å². The Balaban J connectivity index is 3.57. The molecule has 0 N–H and O–H groups in total. The first-order valence-electron chi connectivity index (χ1n) is 4.53. The Morgan fingerprint density at radius 1 is 1.62 bits per heavy atom. The van der Waals surface area contributed by atoms with Gasteiger partial charge in [-0.1, -0.05) is 6.92 Å². The third kappa shape index (κ3) is 6.84. The van der Waals surface area contributed by atoms with Gasteiger partial charge in [-0.25, -0.2) is 0 Å². The van der Waals surface area contributed by atoms with Crippen molar-refractivity contribution in [2.75, 3.05) is 26.8 Å². The lowest BCUT2D eigenvalue weighted by molar-refractivity contribution is -0.134. The van der Waals surface area contributed by atoms with E-state index < -0.39 is 0 Å². The monoisotopic (exact) mass is 207 g/mol. The van der Waals surface area contributed by atoms with E-state index in [2.05, 4.69) is 0 Å². The molecule has 13 heavy (non-hydrogen) atoms. The molecule has 0 aromatic rings. The highest BCUT2D eigenvalue weighted by Gasteiger charge is 2.10. The van der Waals surface area contributed by atoms with Crippen LogP contribution >= 0.6 is 11.6 Å². The summed E-state index contributed by atoms with van der Waals surface area (Å²) in [4.78, 5) is 12.9. The number of carbonyl (C=O) groups is 1. The minimum absolute atomic E-state index is 0.0130. The summed E-state index contributed by atoms with van der Waals surface area (Å²) in [5, 5.41) is -0.0138. The largest absolute Gasteiger partial charge is 0.372 e. The molecule has 0 heterocycles. The fourth-order valence-corrected chi connectivity index (χ4v) is 1.10. The third-order valence-electron chi connectivity index (χ3n) is 1.53. The summed E-state index contributed by atoms with van der Waals surface area (Å²) < 4.78 is 5.11. The van der Waals surface area contributed by atoms with Crippen LogP contribution < -0.4 is 0 Å². The summed E-state index contributed by atoms with van der Waals surface area (Å²) >= 11 is 5.74. The first-order chi connectivity index (χ1) is 6.07. The van der Waals surface area contributed by atoms with Gasteiger partial charge in [-0.2, -0.15) is 0 Å². The fraction of sp³-hybridized carbons (Fsp3) is 0.889. The molecule has 3 nitrogen and oxygen atoms in total. The molecule has 0 rings (SSSR count). The summed E-state index contributed by atoms with van der Waals surface area (Å²) in [6, 6.07) is 0. The van der Waals surface area contributed by atoms with Crippen molar-refractivity contribution in [3.05, 3.63) is 0 Å². The van der Waals surface area contributed by atoms with E-state index in [1.54, 1.807) is 11.9 Å². The van der Waals surface area contributed by atoms with Crippen LogP contribution in [0, 0.1) is 0 Å². The van der Waals surface area contributed by atoms with Gasteiger partial charge < -0.3 is 9.64 Å². The molecule has 1 atom stereocenters. The van der Waals surface area contributed by atoms with Crippen molar-refractivity contribution in [2.24, 2.45) is 0 Å². The van der Waals surface area contributed by atoms with Gasteiger partial charge in [-0.15, -0.1) is 11.6 Å². The highest BCUT2D eigenvalue weighted by Crippen LogP contribution is 1.97. The maximum absolute atomic E-state index is 11.3. The summed E-state index contributed by atoms with van der Waals surface area (Å²) in [6.45, 7) is 5.23. The van der Waals surface area contributed by atoms with E-state index >= 15 is 0 Å². The third-order valence-corrected chi connectivity index (χ3v) is 1.66. The Hall–Kier alpha value is -0.280. The Morgan fingerprint density at radius 2 is 2.23 bits per heavy atom. The van der Waals surface area contributed by atoms with Crippen molar-refractivity contribution in [3.63, 3.8) is 0 Å². The molecule has 0 bridgehead atoms. The second-order valence-corrected chi connectivity index (χ2v) is 3.85. The number of halogens is 1. The van der Waals surface area contributed by atoms with Crippen LogP contribution in [0.1, 0.15) is 20.3 Å². The van der Waals surface area contributed by atoms with E-state index in [1.165, 1.54) is 0 Å². The second kappa shape index (κ2) is 7.15. The Morgan fingerprint density at radius 3 is 2.69 bits per heavy atom. The van der Waals surface area contributed by atoms with Crippen molar-refractivity contribution in [2.45, 2.75) is 25.6 Å². The second-order valence-electron chi connectivity index (χ2n) is 3.11. The quantitative estimate of drug-likeness (QED) is 0.488. The van der Waals surface area contributed by atoms with Crippen LogP contribution in [0.4, 0.5) is 0 Å². The van der Waals surface area contributed by atoms with Crippen LogP contribution in [-0.2, 0) is 9.53 Å². The Kier molecular flexibility index (Phi) is 7.00.